The van der Waals surface area contributed by atoms with Crippen LogP contribution in [0.15, 0.2) is 15.8 Å². The SMILES string of the molecule is O=C(CCn1cc(C2OC(CO)C(O)C2O)c(=O)[nH]c1=O)NCCNC(=O)C(F)(F)F. The van der Waals surface area contributed by atoms with E-state index in [1.807, 2.05) is 4.98 Å². The Morgan fingerprint density at radius 2 is 1.81 bits per heavy atom. The molecule has 1 saturated heterocycles. The molecule has 4 unspecified atom stereocenters. The average Bonchev–Trinajstić information content (AvgIpc) is 2.98. The van der Waals surface area contributed by atoms with Gasteiger partial charge in [0.2, 0.25) is 5.91 Å². The summed E-state index contributed by atoms with van der Waals surface area (Å²) in [5.74, 6) is -2.78. The minimum atomic E-state index is -5.03. The zero-order valence-electron chi connectivity index (χ0n) is 15.9. The third-order valence-corrected chi connectivity index (χ3v) is 4.46. The zero-order valence-corrected chi connectivity index (χ0v) is 15.9. The summed E-state index contributed by atoms with van der Waals surface area (Å²) in [6.07, 6.45) is -9.75. The predicted octanol–water partition coefficient (Wildman–Crippen LogP) is -3.12. The number of halogens is 3. The van der Waals surface area contributed by atoms with E-state index in [4.69, 9.17) is 9.84 Å². The van der Waals surface area contributed by atoms with E-state index in [9.17, 15) is 42.6 Å². The van der Waals surface area contributed by atoms with E-state index >= 15 is 0 Å². The first-order chi connectivity index (χ1) is 14.5. The van der Waals surface area contributed by atoms with Crippen molar-refractivity contribution < 1.29 is 42.8 Å². The molecule has 1 aliphatic heterocycles. The number of aromatic amines is 1. The first-order valence-electron chi connectivity index (χ1n) is 9.03. The number of amides is 2. The van der Waals surface area contributed by atoms with Gasteiger partial charge in [-0.05, 0) is 0 Å². The number of hydrogen-bond acceptors (Lipinski definition) is 8. The second-order valence-electron chi connectivity index (χ2n) is 6.65. The number of ether oxygens (including phenoxy) is 1. The molecule has 2 rings (SSSR count). The molecule has 0 aromatic carbocycles. The smallest absolute Gasteiger partial charge is 0.394 e. The van der Waals surface area contributed by atoms with Crippen molar-refractivity contribution in [3.8, 4) is 0 Å². The molecule has 1 aromatic rings. The molecular weight excluding hydrogens is 433 g/mol. The highest BCUT2D eigenvalue weighted by atomic mass is 19.4. The Hall–Kier alpha value is -2.75. The first-order valence-corrected chi connectivity index (χ1v) is 9.03. The molecule has 6 N–H and O–H groups in total. The third-order valence-electron chi connectivity index (χ3n) is 4.46. The van der Waals surface area contributed by atoms with Gasteiger partial charge in [0.15, 0.2) is 0 Å². The summed E-state index contributed by atoms with van der Waals surface area (Å²) in [7, 11) is 0. The molecule has 0 radical (unpaired) electrons. The van der Waals surface area contributed by atoms with Crippen LogP contribution >= 0.6 is 0 Å². The summed E-state index contributed by atoms with van der Waals surface area (Å²) in [4.78, 5) is 48.4. The summed E-state index contributed by atoms with van der Waals surface area (Å²) in [6, 6.07) is 0. The quantitative estimate of drug-likeness (QED) is 0.223. The van der Waals surface area contributed by atoms with Crippen molar-refractivity contribution in [1.29, 1.82) is 0 Å². The van der Waals surface area contributed by atoms with Gasteiger partial charge in [-0.3, -0.25) is 23.9 Å². The lowest BCUT2D eigenvalue weighted by Gasteiger charge is -2.15. The highest BCUT2D eigenvalue weighted by molar-refractivity contribution is 5.81. The maximum Gasteiger partial charge on any atom is 0.471 e. The van der Waals surface area contributed by atoms with Crippen LogP contribution in [0.3, 0.4) is 0 Å². The molecule has 0 saturated carbocycles. The van der Waals surface area contributed by atoms with Crippen LogP contribution in [-0.4, -0.2) is 80.9 Å². The van der Waals surface area contributed by atoms with Gasteiger partial charge in [-0.1, -0.05) is 0 Å². The topological polar surface area (TPSA) is 183 Å². The minimum absolute atomic E-state index is 0.211. The fourth-order valence-corrected chi connectivity index (χ4v) is 2.84. The summed E-state index contributed by atoms with van der Waals surface area (Å²) in [5, 5.41) is 32.8. The van der Waals surface area contributed by atoms with Crippen molar-refractivity contribution in [2.45, 2.75) is 43.6 Å². The molecule has 0 aliphatic carbocycles. The predicted molar refractivity (Wildman–Crippen MR) is 94.7 cm³/mol. The maximum absolute atomic E-state index is 12.1. The summed E-state index contributed by atoms with van der Waals surface area (Å²) in [6.45, 7) is -1.60. The van der Waals surface area contributed by atoms with E-state index < -0.39 is 66.8 Å². The van der Waals surface area contributed by atoms with E-state index in [0.717, 1.165) is 10.8 Å². The van der Waals surface area contributed by atoms with Crippen molar-refractivity contribution in [1.82, 2.24) is 20.2 Å². The van der Waals surface area contributed by atoms with E-state index in [-0.39, 0.29) is 25.1 Å². The van der Waals surface area contributed by atoms with Crippen LogP contribution < -0.4 is 21.9 Å². The van der Waals surface area contributed by atoms with E-state index in [0.29, 0.717) is 0 Å². The summed E-state index contributed by atoms with van der Waals surface area (Å²) < 4.78 is 42.3. The van der Waals surface area contributed by atoms with Crippen LogP contribution in [0.1, 0.15) is 18.1 Å². The lowest BCUT2D eigenvalue weighted by atomic mass is 10.0. The second kappa shape index (κ2) is 10.0. The first kappa shape index (κ1) is 24.5. The van der Waals surface area contributed by atoms with Gasteiger partial charge >= 0.3 is 17.8 Å². The number of aryl methyl sites for hydroxylation is 1. The van der Waals surface area contributed by atoms with Gasteiger partial charge in [-0.25, -0.2) is 4.79 Å². The monoisotopic (exact) mass is 454 g/mol. The number of aromatic nitrogens is 2. The largest absolute Gasteiger partial charge is 0.471 e. The molecule has 15 heteroatoms. The molecule has 2 heterocycles. The Balaban J connectivity index is 1.95. The normalized spacial score (nSPS) is 23.5. The van der Waals surface area contributed by atoms with Crippen LogP contribution in [0.2, 0.25) is 0 Å². The number of alkyl halides is 3. The number of carbonyl (C=O) groups excluding carboxylic acids is 2. The van der Waals surface area contributed by atoms with Crippen LogP contribution in [0, 0.1) is 0 Å². The molecular formula is C16H21F3N4O8. The molecule has 1 fully saturated rings. The van der Waals surface area contributed by atoms with Crippen molar-refractivity contribution in [3.63, 3.8) is 0 Å². The fraction of sp³-hybridized carbons (Fsp3) is 0.625. The molecule has 31 heavy (non-hydrogen) atoms. The molecule has 1 aliphatic rings. The van der Waals surface area contributed by atoms with Gasteiger partial charge < -0.3 is 30.7 Å². The summed E-state index contributed by atoms with van der Waals surface area (Å²) >= 11 is 0. The molecule has 0 bridgehead atoms. The maximum atomic E-state index is 12.1. The highest BCUT2D eigenvalue weighted by Crippen LogP contribution is 2.31. The van der Waals surface area contributed by atoms with Gasteiger partial charge in [0.25, 0.3) is 5.56 Å². The van der Waals surface area contributed by atoms with E-state index in [2.05, 4.69) is 5.32 Å². The van der Waals surface area contributed by atoms with Gasteiger partial charge in [0.1, 0.15) is 24.4 Å². The Labute approximate surface area is 171 Å². The standard InChI is InChI=1S/C16H21F3N4O8/c17-16(18,19)14(29)21-3-2-20-9(25)1-4-23-5-7(13(28)22-15(23)30)12-11(27)10(26)8(6-24)31-12/h5,8,10-12,24,26-27H,1-4,6H2,(H,20,25)(H,21,29)(H,22,28,30). The fourth-order valence-electron chi connectivity index (χ4n) is 2.84. The lowest BCUT2D eigenvalue weighted by molar-refractivity contribution is -0.173. The Morgan fingerprint density at radius 1 is 1.16 bits per heavy atom. The number of aliphatic hydroxyl groups is 3. The molecule has 174 valence electrons. The second-order valence-corrected chi connectivity index (χ2v) is 6.65. The highest BCUT2D eigenvalue weighted by Gasteiger charge is 2.44. The number of H-pyrrole nitrogens is 1. The number of nitrogens with zero attached hydrogens (tertiary/aromatic N) is 1. The van der Waals surface area contributed by atoms with Crippen molar-refractivity contribution >= 4 is 11.8 Å². The van der Waals surface area contributed by atoms with Crippen LogP contribution in [0.25, 0.3) is 0 Å². The Morgan fingerprint density at radius 3 is 2.39 bits per heavy atom. The van der Waals surface area contributed by atoms with Crippen LogP contribution in [-0.2, 0) is 20.9 Å². The van der Waals surface area contributed by atoms with E-state index in [1.54, 1.807) is 5.32 Å². The number of hydrogen-bond donors (Lipinski definition) is 6. The van der Waals surface area contributed by atoms with Gasteiger partial charge in [-0.15, -0.1) is 0 Å². The van der Waals surface area contributed by atoms with Gasteiger partial charge in [0.05, 0.1) is 12.2 Å². The van der Waals surface area contributed by atoms with E-state index in [1.165, 1.54) is 0 Å². The lowest BCUT2D eigenvalue weighted by Crippen LogP contribution is -2.41. The number of nitrogens with one attached hydrogen (secondary N) is 3. The number of carbonyl (C=O) groups is 2. The van der Waals surface area contributed by atoms with Crippen LogP contribution in [0.4, 0.5) is 13.2 Å². The molecule has 2 amide bonds. The molecule has 12 nitrogen and oxygen atoms in total. The Kier molecular flexibility index (Phi) is 7.94. The number of rotatable bonds is 8. The van der Waals surface area contributed by atoms with Gasteiger partial charge in [-0.2, -0.15) is 13.2 Å². The van der Waals surface area contributed by atoms with Crippen LogP contribution in [0.5, 0.6) is 0 Å². The number of aliphatic hydroxyl groups excluding tert-OH is 3. The minimum Gasteiger partial charge on any atom is -0.394 e. The van der Waals surface area contributed by atoms with Crippen molar-refractivity contribution in [3.05, 3.63) is 32.6 Å². The van der Waals surface area contributed by atoms with Crippen molar-refractivity contribution in [2.75, 3.05) is 19.7 Å². The summed E-state index contributed by atoms with van der Waals surface area (Å²) in [5.41, 5.74) is -1.97. The molecule has 1 aromatic heterocycles. The zero-order chi connectivity index (χ0) is 23.3. The molecule has 4 atom stereocenters. The third kappa shape index (κ3) is 6.13. The van der Waals surface area contributed by atoms with Gasteiger partial charge in [0, 0.05) is 32.3 Å². The van der Waals surface area contributed by atoms with Crippen molar-refractivity contribution in [2.24, 2.45) is 0 Å². The Bertz CT molecular complexity index is 915. The molecule has 0 spiro atoms. The average molecular weight is 454 g/mol.